The average Bonchev–Trinajstić information content (AvgIpc) is 2.30. The number of rotatable bonds is 2. The van der Waals surface area contributed by atoms with Crippen molar-refractivity contribution in [2.24, 2.45) is 0 Å². The van der Waals surface area contributed by atoms with Crippen molar-refractivity contribution in [1.82, 2.24) is 0 Å². The summed E-state index contributed by atoms with van der Waals surface area (Å²) in [6.45, 7) is 0. The molecular weight excluding hydrogens is 271 g/mol. The molecule has 0 spiro atoms. The summed E-state index contributed by atoms with van der Waals surface area (Å²) in [5, 5.41) is 0. The topological polar surface area (TPSA) is 0 Å². The molecule has 15 heavy (non-hydrogen) atoms. The first-order valence-electron chi connectivity index (χ1n) is 4.71. The van der Waals surface area contributed by atoms with Crippen LogP contribution in [-0.4, -0.2) is 0 Å². The fourth-order valence-electron chi connectivity index (χ4n) is 1.49. The van der Waals surface area contributed by atoms with E-state index in [0.717, 1.165) is 10.0 Å². The van der Waals surface area contributed by atoms with E-state index in [4.69, 9.17) is 11.6 Å². The van der Waals surface area contributed by atoms with Crippen molar-refractivity contribution in [3.05, 3.63) is 58.6 Å². The van der Waals surface area contributed by atoms with Crippen LogP contribution >= 0.6 is 27.5 Å². The van der Waals surface area contributed by atoms with Crippen LogP contribution in [-0.2, 0) is 5.88 Å². The normalized spacial score (nSPS) is 10.3. The molecule has 0 aromatic heterocycles. The second-order valence-electron chi connectivity index (χ2n) is 3.31. The monoisotopic (exact) mass is 280 g/mol. The largest absolute Gasteiger partial charge is 0.122 e. The third kappa shape index (κ3) is 2.42. The van der Waals surface area contributed by atoms with Crippen LogP contribution < -0.4 is 0 Å². The molecule has 0 unspecified atom stereocenters. The van der Waals surface area contributed by atoms with Gasteiger partial charge in [0.15, 0.2) is 0 Å². The van der Waals surface area contributed by atoms with E-state index in [2.05, 4.69) is 46.3 Å². The molecule has 0 amide bonds. The minimum Gasteiger partial charge on any atom is -0.122 e. The maximum atomic E-state index is 5.78. The van der Waals surface area contributed by atoms with Gasteiger partial charge < -0.3 is 0 Å². The quantitative estimate of drug-likeness (QED) is 0.690. The third-order valence-electron chi connectivity index (χ3n) is 2.27. The highest BCUT2D eigenvalue weighted by molar-refractivity contribution is 9.10. The van der Waals surface area contributed by atoms with Crippen LogP contribution in [0.5, 0.6) is 0 Å². The van der Waals surface area contributed by atoms with Crippen LogP contribution in [0.15, 0.2) is 53.0 Å². The van der Waals surface area contributed by atoms with Gasteiger partial charge in [-0.2, -0.15) is 0 Å². The van der Waals surface area contributed by atoms with E-state index in [0.29, 0.717) is 5.88 Å². The molecule has 0 aliphatic heterocycles. The summed E-state index contributed by atoms with van der Waals surface area (Å²) in [5.41, 5.74) is 3.54. The summed E-state index contributed by atoms with van der Waals surface area (Å²) in [4.78, 5) is 0. The molecule has 2 rings (SSSR count). The molecule has 0 heterocycles. The van der Waals surface area contributed by atoms with Crippen molar-refractivity contribution in [1.29, 1.82) is 0 Å². The molecule has 0 saturated carbocycles. The van der Waals surface area contributed by atoms with Gasteiger partial charge in [0.25, 0.3) is 0 Å². The summed E-state index contributed by atoms with van der Waals surface area (Å²) in [7, 11) is 0. The zero-order valence-electron chi connectivity index (χ0n) is 8.08. The highest BCUT2D eigenvalue weighted by Gasteiger charge is 2.02. The molecule has 0 nitrogen and oxygen atoms in total. The molecule has 0 bridgehead atoms. The average molecular weight is 282 g/mol. The summed E-state index contributed by atoms with van der Waals surface area (Å²) in [5.74, 6) is 0.549. The van der Waals surface area contributed by atoms with Gasteiger partial charge in [0.05, 0.1) is 0 Å². The van der Waals surface area contributed by atoms with Crippen molar-refractivity contribution in [2.45, 2.75) is 5.88 Å². The van der Waals surface area contributed by atoms with Gasteiger partial charge in [-0.1, -0.05) is 58.4 Å². The lowest BCUT2D eigenvalue weighted by atomic mass is 10.0. The summed E-state index contributed by atoms with van der Waals surface area (Å²) in [6.07, 6.45) is 0. The van der Waals surface area contributed by atoms with Crippen LogP contribution in [0.25, 0.3) is 11.1 Å². The van der Waals surface area contributed by atoms with E-state index in [1.54, 1.807) is 0 Å². The van der Waals surface area contributed by atoms with E-state index in [-0.39, 0.29) is 0 Å². The molecule has 0 saturated heterocycles. The Hall–Kier alpha value is -0.790. The molecule has 2 aromatic rings. The molecular formula is C13H10BrCl. The molecule has 0 aliphatic carbocycles. The maximum absolute atomic E-state index is 5.78. The maximum Gasteiger partial charge on any atom is 0.0474 e. The van der Waals surface area contributed by atoms with E-state index in [1.807, 2.05) is 18.2 Å². The molecule has 2 aromatic carbocycles. The van der Waals surface area contributed by atoms with Gasteiger partial charge >= 0.3 is 0 Å². The minimum absolute atomic E-state index is 0.549. The molecule has 0 fully saturated rings. The lowest BCUT2D eigenvalue weighted by Gasteiger charge is -2.05. The number of alkyl halides is 1. The fraction of sp³-hybridized carbons (Fsp3) is 0.0769. The molecule has 76 valence electrons. The molecule has 0 aliphatic rings. The fourth-order valence-corrected chi connectivity index (χ4v) is 2.31. The van der Waals surface area contributed by atoms with E-state index in [9.17, 15) is 0 Å². The third-order valence-corrected chi connectivity index (χ3v) is 3.24. The van der Waals surface area contributed by atoms with Crippen molar-refractivity contribution in [3.63, 3.8) is 0 Å². The standard InChI is InChI=1S/C13H10BrCl/c14-13-8-10(9-15)6-7-12(13)11-4-2-1-3-5-11/h1-8H,9H2. The number of benzene rings is 2. The van der Waals surface area contributed by atoms with Crippen molar-refractivity contribution >= 4 is 27.5 Å². The van der Waals surface area contributed by atoms with Crippen LogP contribution in [0, 0.1) is 0 Å². The van der Waals surface area contributed by atoms with E-state index in [1.165, 1.54) is 11.1 Å². The highest BCUT2D eigenvalue weighted by atomic mass is 79.9. The number of halogens is 2. The first kappa shape index (κ1) is 10.7. The number of hydrogen-bond donors (Lipinski definition) is 0. The highest BCUT2D eigenvalue weighted by Crippen LogP contribution is 2.29. The zero-order valence-corrected chi connectivity index (χ0v) is 10.4. The predicted octanol–water partition coefficient (Wildman–Crippen LogP) is 4.85. The van der Waals surface area contributed by atoms with Crippen LogP contribution in [0.4, 0.5) is 0 Å². The van der Waals surface area contributed by atoms with Crippen molar-refractivity contribution in [2.75, 3.05) is 0 Å². The molecule has 0 N–H and O–H groups in total. The molecule has 2 heteroatoms. The second kappa shape index (κ2) is 4.82. The van der Waals surface area contributed by atoms with Gasteiger partial charge in [-0.25, -0.2) is 0 Å². The predicted molar refractivity (Wildman–Crippen MR) is 69.1 cm³/mol. The number of hydrogen-bond acceptors (Lipinski definition) is 0. The minimum atomic E-state index is 0.549. The van der Waals surface area contributed by atoms with Crippen molar-refractivity contribution < 1.29 is 0 Å². The first-order chi connectivity index (χ1) is 7.31. The molecule has 0 radical (unpaired) electrons. The van der Waals surface area contributed by atoms with Gasteiger partial charge in [0.1, 0.15) is 0 Å². The Labute approximate surface area is 103 Å². The van der Waals surface area contributed by atoms with Crippen LogP contribution in [0.2, 0.25) is 0 Å². The lowest BCUT2D eigenvalue weighted by molar-refractivity contribution is 1.39. The van der Waals surface area contributed by atoms with Crippen molar-refractivity contribution in [3.8, 4) is 11.1 Å². The lowest BCUT2D eigenvalue weighted by Crippen LogP contribution is -1.82. The van der Waals surface area contributed by atoms with Gasteiger partial charge in [-0.3, -0.25) is 0 Å². The zero-order chi connectivity index (χ0) is 10.7. The Balaban J connectivity index is 2.46. The Morgan fingerprint density at radius 3 is 2.33 bits per heavy atom. The Morgan fingerprint density at radius 1 is 1.00 bits per heavy atom. The Bertz CT molecular complexity index is 451. The van der Waals surface area contributed by atoms with E-state index < -0.39 is 0 Å². The first-order valence-corrected chi connectivity index (χ1v) is 6.04. The summed E-state index contributed by atoms with van der Waals surface area (Å²) >= 11 is 9.34. The Kier molecular flexibility index (Phi) is 3.45. The summed E-state index contributed by atoms with van der Waals surface area (Å²) < 4.78 is 1.09. The van der Waals surface area contributed by atoms with Crippen LogP contribution in [0.3, 0.4) is 0 Å². The smallest absolute Gasteiger partial charge is 0.0474 e. The second-order valence-corrected chi connectivity index (χ2v) is 4.44. The molecule has 0 atom stereocenters. The van der Waals surface area contributed by atoms with Gasteiger partial charge in [-0.05, 0) is 22.8 Å². The van der Waals surface area contributed by atoms with E-state index >= 15 is 0 Å². The Morgan fingerprint density at radius 2 is 1.73 bits per heavy atom. The SMILES string of the molecule is ClCc1ccc(-c2ccccc2)c(Br)c1. The van der Waals surface area contributed by atoms with Gasteiger partial charge in [0.2, 0.25) is 0 Å². The summed E-state index contributed by atoms with van der Waals surface area (Å²) in [6, 6.07) is 16.5. The van der Waals surface area contributed by atoms with Gasteiger partial charge in [-0.15, -0.1) is 11.6 Å². The van der Waals surface area contributed by atoms with Gasteiger partial charge in [0, 0.05) is 10.4 Å². The van der Waals surface area contributed by atoms with Crippen LogP contribution in [0.1, 0.15) is 5.56 Å².